The zero-order valence-electron chi connectivity index (χ0n) is 9.21. The summed E-state index contributed by atoms with van der Waals surface area (Å²) >= 11 is 6.02. The molecule has 3 heteroatoms. The van der Waals surface area contributed by atoms with Crippen LogP contribution in [-0.2, 0) is 10.2 Å². The topological polar surface area (TPSA) is 26.3 Å². The maximum atomic E-state index is 10.5. The third-order valence-electron chi connectivity index (χ3n) is 2.53. The molecule has 0 aliphatic carbocycles. The fourth-order valence-corrected chi connectivity index (χ4v) is 1.67. The molecule has 0 radical (unpaired) electrons. The van der Waals surface area contributed by atoms with Gasteiger partial charge in [-0.3, -0.25) is 0 Å². The molecule has 0 heterocycles. The van der Waals surface area contributed by atoms with E-state index in [-0.39, 0.29) is 5.41 Å². The molecule has 0 aromatic heterocycles. The first-order valence-electron chi connectivity index (χ1n) is 4.79. The molecule has 0 amide bonds. The molecule has 0 bridgehead atoms. The summed E-state index contributed by atoms with van der Waals surface area (Å²) in [4.78, 5) is 10.5. The number of carbonyl (C=O) groups is 1. The fourth-order valence-electron chi connectivity index (χ4n) is 1.41. The largest absolute Gasteiger partial charge is 0.495 e. The molecule has 1 aromatic rings. The highest BCUT2D eigenvalue weighted by Gasteiger charge is 2.20. The third kappa shape index (κ3) is 2.72. The summed E-state index contributed by atoms with van der Waals surface area (Å²) in [6.07, 6.45) is 1.41. The van der Waals surface area contributed by atoms with E-state index in [9.17, 15) is 4.79 Å². The average Bonchev–Trinajstić information content (AvgIpc) is 2.17. The SMILES string of the molecule is COc1ccc(C(C)(C)CC=O)cc1Cl. The van der Waals surface area contributed by atoms with Crippen LogP contribution in [-0.4, -0.2) is 13.4 Å². The highest BCUT2D eigenvalue weighted by molar-refractivity contribution is 6.32. The lowest BCUT2D eigenvalue weighted by atomic mass is 9.82. The van der Waals surface area contributed by atoms with E-state index in [0.29, 0.717) is 17.2 Å². The van der Waals surface area contributed by atoms with Crippen LogP contribution in [0, 0.1) is 0 Å². The zero-order chi connectivity index (χ0) is 11.5. The number of hydrogen-bond donors (Lipinski definition) is 0. The maximum Gasteiger partial charge on any atom is 0.137 e. The van der Waals surface area contributed by atoms with Crippen molar-refractivity contribution >= 4 is 17.9 Å². The standard InChI is InChI=1S/C12H15ClO2/c1-12(2,6-7-14)9-4-5-11(15-3)10(13)8-9/h4-5,7-8H,6H2,1-3H3. The first-order chi connectivity index (χ1) is 7.01. The number of halogens is 1. The van der Waals surface area contributed by atoms with Crippen molar-refractivity contribution in [2.24, 2.45) is 0 Å². The number of rotatable bonds is 4. The molecule has 0 unspecified atom stereocenters. The van der Waals surface area contributed by atoms with Crippen LogP contribution in [0.5, 0.6) is 5.75 Å². The van der Waals surface area contributed by atoms with E-state index in [4.69, 9.17) is 16.3 Å². The zero-order valence-corrected chi connectivity index (χ0v) is 9.97. The summed E-state index contributed by atoms with van der Waals surface area (Å²) in [5.74, 6) is 0.655. The van der Waals surface area contributed by atoms with Crippen molar-refractivity contribution < 1.29 is 9.53 Å². The van der Waals surface area contributed by atoms with Crippen molar-refractivity contribution in [3.05, 3.63) is 28.8 Å². The van der Waals surface area contributed by atoms with E-state index in [2.05, 4.69) is 0 Å². The van der Waals surface area contributed by atoms with Gasteiger partial charge in [0.15, 0.2) is 0 Å². The van der Waals surface area contributed by atoms with Gasteiger partial charge < -0.3 is 9.53 Å². The van der Waals surface area contributed by atoms with E-state index in [0.717, 1.165) is 11.8 Å². The molecule has 15 heavy (non-hydrogen) atoms. The predicted octanol–water partition coefficient (Wildman–Crippen LogP) is 3.22. The Hall–Kier alpha value is -1.02. The Kier molecular flexibility index (Phi) is 3.75. The van der Waals surface area contributed by atoms with Gasteiger partial charge in [-0.2, -0.15) is 0 Å². The number of benzene rings is 1. The van der Waals surface area contributed by atoms with Gasteiger partial charge in [0.2, 0.25) is 0 Å². The molecule has 1 aromatic carbocycles. The van der Waals surface area contributed by atoms with Crippen LogP contribution in [0.4, 0.5) is 0 Å². The summed E-state index contributed by atoms with van der Waals surface area (Å²) in [5, 5.41) is 0.578. The Balaban J connectivity index is 3.06. The van der Waals surface area contributed by atoms with Crippen LogP contribution < -0.4 is 4.74 Å². The van der Waals surface area contributed by atoms with Gasteiger partial charge in [0.25, 0.3) is 0 Å². The van der Waals surface area contributed by atoms with Crippen molar-refractivity contribution in [1.29, 1.82) is 0 Å². The average molecular weight is 227 g/mol. The van der Waals surface area contributed by atoms with E-state index >= 15 is 0 Å². The molecule has 0 fully saturated rings. The summed E-state index contributed by atoms with van der Waals surface area (Å²) in [5.41, 5.74) is 0.859. The highest BCUT2D eigenvalue weighted by Crippen LogP contribution is 2.32. The van der Waals surface area contributed by atoms with Crippen molar-refractivity contribution in [1.82, 2.24) is 0 Å². The highest BCUT2D eigenvalue weighted by atomic mass is 35.5. The minimum Gasteiger partial charge on any atom is -0.495 e. The van der Waals surface area contributed by atoms with Gasteiger partial charge >= 0.3 is 0 Å². The van der Waals surface area contributed by atoms with Crippen LogP contribution in [0.15, 0.2) is 18.2 Å². The Morgan fingerprint density at radius 2 is 2.13 bits per heavy atom. The van der Waals surface area contributed by atoms with Gasteiger partial charge in [0.1, 0.15) is 12.0 Å². The number of aldehydes is 1. The van der Waals surface area contributed by atoms with Gasteiger partial charge in [0.05, 0.1) is 12.1 Å². The minimum absolute atomic E-state index is 0.183. The maximum absolute atomic E-state index is 10.5. The normalized spacial score (nSPS) is 11.2. The summed E-state index contributed by atoms with van der Waals surface area (Å²) in [6.45, 7) is 4.03. The van der Waals surface area contributed by atoms with Crippen LogP contribution in [0.25, 0.3) is 0 Å². The van der Waals surface area contributed by atoms with Crippen molar-refractivity contribution in [3.63, 3.8) is 0 Å². The molecule has 1 rings (SSSR count). The minimum atomic E-state index is -0.183. The molecule has 0 aliphatic rings. The van der Waals surface area contributed by atoms with Gasteiger partial charge in [-0.1, -0.05) is 31.5 Å². The Morgan fingerprint density at radius 3 is 2.60 bits per heavy atom. The lowest BCUT2D eigenvalue weighted by molar-refractivity contribution is -0.108. The van der Waals surface area contributed by atoms with Gasteiger partial charge in [-0.05, 0) is 23.1 Å². The summed E-state index contributed by atoms with van der Waals surface area (Å²) in [7, 11) is 1.58. The number of hydrogen-bond acceptors (Lipinski definition) is 2. The van der Waals surface area contributed by atoms with Gasteiger partial charge in [-0.25, -0.2) is 0 Å². The van der Waals surface area contributed by atoms with Gasteiger partial charge in [-0.15, -0.1) is 0 Å². The first kappa shape index (κ1) is 12.1. The second kappa shape index (κ2) is 4.67. The molecular formula is C12H15ClO2. The molecule has 0 N–H and O–H groups in total. The summed E-state index contributed by atoms with van der Waals surface area (Å²) in [6, 6.07) is 5.61. The lowest BCUT2D eigenvalue weighted by Crippen LogP contribution is -2.17. The monoisotopic (exact) mass is 226 g/mol. The van der Waals surface area contributed by atoms with Crippen LogP contribution >= 0.6 is 11.6 Å². The molecular weight excluding hydrogens is 212 g/mol. The number of methoxy groups -OCH3 is 1. The number of carbonyl (C=O) groups excluding carboxylic acids is 1. The second-order valence-electron chi connectivity index (χ2n) is 4.10. The molecule has 0 aliphatic heterocycles. The van der Waals surface area contributed by atoms with E-state index in [1.807, 2.05) is 32.0 Å². The van der Waals surface area contributed by atoms with Crippen LogP contribution in [0.2, 0.25) is 5.02 Å². The van der Waals surface area contributed by atoms with Crippen LogP contribution in [0.1, 0.15) is 25.8 Å². The first-order valence-corrected chi connectivity index (χ1v) is 5.16. The Morgan fingerprint density at radius 1 is 1.47 bits per heavy atom. The molecule has 82 valence electrons. The summed E-state index contributed by atoms with van der Waals surface area (Å²) < 4.78 is 5.07. The molecule has 0 spiro atoms. The smallest absolute Gasteiger partial charge is 0.137 e. The van der Waals surface area contributed by atoms with Crippen molar-refractivity contribution in [2.75, 3.05) is 7.11 Å². The molecule has 0 saturated carbocycles. The van der Waals surface area contributed by atoms with Crippen molar-refractivity contribution in [2.45, 2.75) is 25.7 Å². The van der Waals surface area contributed by atoms with Crippen molar-refractivity contribution in [3.8, 4) is 5.75 Å². The Labute approximate surface area is 95.2 Å². The van der Waals surface area contributed by atoms with E-state index in [1.54, 1.807) is 7.11 Å². The molecule has 0 atom stereocenters. The third-order valence-corrected chi connectivity index (χ3v) is 2.82. The van der Waals surface area contributed by atoms with Gasteiger partial charge in [0, 0.05) is 6.42 Å². The van der Waals surface area contributed by atoms with E-state index in [1.165, 1.54) is 0 Å². The Bertz CT molecular complexity index is 359. The second-order valence-corrected chi connectivity index (χ2v) is 4.51. The number of ether oxygens (including phenoxy) is 1. The molecule has 0 saturated heterocycles. The predicted molar refractivity (Wildman–Crippen MR) is 61.7 cm³/mol. The lowest BCUT2D eigenvalue weighted by Gasteiger charge is -2.23. The van der Waals surface area contributed by atoms with E-state index < -0.39 is 0 Å². The van der Waals surface area contributed by atoms with Crippen LogP contribution in [0.3, 0.4) is 0 Å². The fraction of sp³-hybridized carbons (Fsp3) is 0.417. The quantitative estimate of drug-likeness (QED) is 0.737. The molecule has 2 nitrogen and oxygen atoms in total.